The van der Waals surface area contributed by atoms with Gasteiger partial charge in [-0.05, 0) is 72.8 Å². The zero-order valence-electron chi connectivity index (χ0n) is 26.4. The zero-order valence-corrected chi connectivity index (χ0v) is 27.9. The van der Waals surface area contributed by atoms with Crippen molar-refractivity contribution in [2.45, 2.75) is 108 Å². The fourth-order valence-electron chi connectivity index (χ4n) is 7.28. The molecular weight excluding hydrogens is 618 g/mol. The molecule has 1 aliphatic carbocycles. The smallest absolute Gasteiger partial charge is 0.323 e. The molecule has 3 aliphatic rings. The molecule has 1 spiro atoms. The van der Waals surface area contributed by atoms with E-state index in [0.29, 0.717) is 48.4 Å². The van der Waals surface area contributed by atoms with Crippen LogP contribution in [0.25, 0.3) is 0 Å². The highest BCUT2D eigenvalue weighted by Crippen LogP contribution is 2.57. The van der Waals surface area contributed by atoms with Crippen LogP contribution in [0.5, 0.6) is 0 Å². The first-order chi connectivity index (χ1) is 21.1. The lowest BCUT2D eigenvalue weighted by Gasteiger charge is -2.38. The Kier molecular flexibility index (Phi) is 9.58. The Labute approximate surface area is 274 Å². The van der Waals surface area contributed by atoms with Crippen molar-refractivity contribution in [1.82, 2.24) is 10.6 Å². The molecule has 45 heavy (non-hydrogen) atoms. The molecule has 5 N–H and O–H groups in total. The van der Waals surface area contributed by atoms with Gasteiger partial charge in [-0.25, -0.2) is 4.39 Å². The normalized spacial score (nSPS) is 28.6. The minimum Gasteiger partial charge on any atom is -0.461 e. The van der Waals surface area contributed by atoms with Gasteiger partial charge in [-0.15, -0.1) is 0 Å². The summed E-state index contributed by atoms with van der Waals surface area (Å²) in [6.07, 6.45) is 2.63. The van der Waals surface area contributed by atoms with Gasteiger partial charge in [0.15, 0.2) is 0 Å². The lowest BCUT2D eigenvalue weighted by atomic mass is 9.62. The number of anilines is 1. The Morgan fingerprint density at radius 2 is 1.82 bits per heavy atom. The number of esters is 1. The summed E-state index contributed by atoms with van der Waals surface area (Å²) in [7, 11) is 0. The highest BCUT2D eigenvalue weighted by atomic mass is 35.5. The van der Waals surface area contributed by atoms with Crippen LogP contribution < -0.4 is 21.7 Å². The molecule has 0 unspecified atom stereocenters. The number of rotatable bonds is 7. The quantitative estimate of drug-likeness (QED) is 0.277. The molecule has 2 aliphatic heterocycles. The lowest BCUT2D eigenvalue weighted by molar-refractivity contribution is -0.153. The van der Waals surface area contributed by atoms with Gasteiger partial charge in [0.05, 0.1) is 11.1 Å². The van der Waals surface area contributed by atoms with Gasteiger partial charge in [0.25, 0.3) is 0 Å². The molecule has 8 nitrogen and oxygen atoms in total. The molecule has 5 atom stereocenters. The van der Waals surface area contributed by atoms with Gasteiger partial charge in [-0.2, -0.15) is 0 Å². The predicted octanol–water partition coefficient (Wildman–Crippen LogP) is 5.84. The molecule has 0 bridgehead atoms. The van der Waals surface area contributed by atoms with Crippen molar-refractivity contribution in [3.05, 3.63) is 63.4 Å². The van der Waals surface area contributed by atoms with Gasteiger partial charge in [0.2, 0.25) is 11.8 Å². The fraction of sp³-hybridized carbons (Fsp3) is 0.559. The summed E-state index contributed by atoms with van der Waals surface area (Å²) >= 11 is 12.6. The van der Waals surface area contributed by atoms with Crippen molar-refractivity contribution in [2.24, 2.45) is 17.1 Å². The summed E-state index contributed by atoms with van der Waals surface area (Å²) < 4.78 is 21.6. The minimum atomic E-state index is -1.32. The highest BCUT2D eigenvalue weighted by Gasteiger charge is 2.66. The van der Waals surface area contributed by atoms with Crippen LogP contribution in [0.3, 0.4) is 0 Å². The van der Waals surface area contributed by atoms with E-state index >= 15 is 4.39 Å². The summed E-state index contributed by atoms with van der Waals surface area (Å²) in [4.78, 5) is 40.9. The van der Waals surface area contributed by atoms with Gasteiger partial charge in [0.1, 0.15) is 23.4 Å². The minimum absolute atomic E-state index is 0.0272. The van der Waals surface area contributed by atoms with Crippen LogP contribution >= 0.6 is 23.2 Å². The summed E-state index contributed by atoms with van der Waals surface area (Å²) in [6.45, 7) is 9.95. The first-order valence-corrected chi connectivity index (χ1v) is 16.5. The number of fused-ring (bicyclic) bond motifs is 2. The van der Waals surface area contributed by atoms with E-state index in [9.17, 15) is 14.4 Å². The molecule has 2 heterocycles. The summed E-state index contributed by atoms with van der Waals surface area (Å²) in [5, 5.41) is 10.1. The van der Waals surface area contributed by atoms with E-state index in [0.717, 1.165) is 0 Å². The van der Waals surface area contributed by atoms with E-state index in [4.69, 9.17) is 33.7 Å². The van der Waals surface area contributed by atoms with Crippen molar-refractivity contribution >= 4 is 46.7 Å². The van der Waals surface area contributed by atoms with Crippen LogP contribution in [-0.4, -0.2) is 48.1 Å². The van der Waals surface area contributed by atoms with E-state index in [1.165, 1.54) is 6.07 Å². The van der Waals surface area contributed by atoms with Crippen LogP contribution in [0, 0.1) is 17.2 Å². The number of hydrogen-bond acceptors (Lipinski definition) is 6. The molecule has 11 heteroatoms. The Bertz CT molecular complexity index is 1470. The second kappa shape index (κ2) is 12.8. The van der Waals surface area contributed by atoms with Crippen molar-refractivity contribution in [3.63, 3.8) is 0 Å². The van der Waals surface area contributed by atoms with Gasteiger partial charge in [-0.1, -0.05) is 76.0 Å². The first-order valence-electron chi connectivity index (χ1n) is 15.7. The molecule has 2 amide bonds. The van der Waals surface area contributed by atoms with Gasteiger partial charge >= 0.3 is 5.97 Å². The Hall–Kier alpha value is -2.72. The second-order valence-corrected chi connectivity index (χ2v) is 15.1. The predicted molar refractivity (Wildman–Crippen MR) is 174 cm³/mol. The molecule has 2 aromatic rings. The van der Waals surface area contributed by atoms with E-state index in [2.05, 4.69) is 36.7 Å². The Balaban J connectivity index is 1.48. The number of carbonyl (C=O) groups excluding carboxylic acids is 3. The maximum absolute atomic E-state index is 16.0. The summed E-state index contributed by atoms with van der Waals surface area (Å²) in [5.74, 6) is -2.65. The van der Waals surface area contributed by atoms with Gasteiger partial charge in [0, 0.05) is 28.7 Å². The van der Waals surface area contributed by atoms with Gasteiger partial charge in [-0.3, -0.25) is 14.4 Å². The SMILES string of the molecule is CC(C)[C@@H](N)C(=O)OC1CCC(NC(=O)[C@@H]2N[C@H](CC(C)(C)C)[C@]3(C(=O)Nc4cc(Cl)ccc43)[C@H]2c2cccc(Cl)c2F)CC1. The van der Waals surface area contributed by atoms with Crippen molar-refractivity contribution in [2.75, 3.05) is 5.32 Å². The number of nitrogens with two attached hydrogens (primary N) is 1. The first kappa shape index (κ1) is 33.6. The van der Waals surface area contributed by atoms with Gasteiger partial charge < -0.3 is 26.4 Å². The molecule has 2 aromatic carbocycles. The molecule has 244 valence electrons. The number of ether oxygens (including phenoxy) is 1. The molecule has 1 saturated carbocycles. The number of benzene rings is 2. The molecule has 2 fully saturated rings. The number of nitrogens with one attached hydrogen (secondary N) is 3. The van der Waals surface area contributed by atoms with E-state index < -0.39 is 41.2 Å². The Morgan fingerprint density at radius 3 is 2.47 bits per heavy atom. The largest absolute Gasteiger partial charge is 0.461 e. The van der Waals surface area contributed by atoms with Crippen LogP contribution in [0.1, 0.15) is 83.8 Å². The Morgan fingerprint density at radius 1 is 1.13 bits per heavy atom. The van der Waals surface area contributed by atoms with Crippen molar-refractivity contribution in [3.8, 4) is 0 Å². The third-order valence-electron chi connectivity index (χ3n) is 9.51. The van der Waals surface area contributed by atoms with Crippen LogP contribution in [0.2, 0.25) is 10.0 Å². The third kappa shape index (κ3) is 6.46. The average molecular weight is 662 g/mol. The van der Waals surface area contributed by atoms with Crippen molar-refractivity contribution in [1.29, 1.82) is 0 Å². The topological polar surface area (TPSA) is 123 Å². The third-order valence-corrected chi connectivity index (χ3v) is 10.0. The average Bonchev–Trinajstić information content (AvgIpc) is 3.44. The van der Waals surface area contributed by atoms with Crippen LogP contribution in [0.4, 0.5) is 10.1 Å². The lowest BCUT2D eigenvalue weighted by Crippen LogP contribution is -2.50. The monoisotopic (exact) mass is 660 g/mol. The van der Waals surface area contributed by atoms with Crippen LogP contribution in [0.15, 0.2) is 36.4 Å². The van der Waals surface area contributed by atoms with E-state index in [1.54, 1.807) is 30.3 Å². The standard InChI is InChI=1S/C34H43Cl2FN4O4/c1-17(2)28(38)31(43)45-20-12-10-19(11-13-20)39-30(42)29-26(21-7-6-8-23(36)27(21)37)34(25(41-29)16-33(3,4)5)22-14-9-18(35)15-24(22)40-32(34)44/h6-9,14-15,17,19-20,25-26,28-29,41H,10-13,16,38H2,1-5H3,(H,39,42)(H,40,44)/t19?,20?,25-,26+,28-,29-,34+/m1/s1. The molecule has 0 radical (unpaired) electrons. The fourth-order valence-corrected chi connectivity index (χ4v) is 7.64. The second-order valence-electron chi connectivity index (χ2n) is 14.3. The zero-order chi connectivity index (χ0) is 32.8. The van der Waals surface area contributed by atoms with Crippen LogP contribution in [-0.2, 0) is 24.5 Å². The number of amides is 2. The molecule has 0 aromatic heterocycles. The number of carbonyl (C=O) groups is 3. The molecule has 1 saturated heterocycles. The van der Waals surface area contributed by atoms with E-state index in [1.807, 2.05) is 13.8 Å². The highest BCUT2D eigenvalue weighted by molar-refractivity contribution is 6.31. The van der Waals surface area contributed by atoms with E-state index in [-0.39, 0.29) is 45.9 Å². The maximum atomic E-state index is 16.0. The maximum Gasteiger partial charge on any atom is 0.323 e. The van der Waals surface area contributed by atoms with Crippen molar-refractivity contribution < 1.29 is 23.5 Å². The number of halogens is 3. The number of hydrogen-bond donors (Lipinski definition) is 4. The molecular formula is C34H43Cl2FN4O4. The summed E-state index contributed by atoms with van der Waals surface area (Å²) in [5.41, 5.74) is 5.81. The molecule has 5 rings (SSSR count). The summed E-state index contributed by atoms with van der Waals surface area (Å²) in [6, 6.07) is 7.60.